The van der Waals surface area contributed by atoms with Crippen molar-refractivity contribution >= 4 is 5.91 Å². The summed E-state index contributed by atoms with van der Waals surface area (Å²) in [6.07, 6.45) is 0.944. The van der Waals surface area contributed by atoms with Crippen LogP contribution in [0.1, 0.15) is 50.0 Å². The van der Waals surface area contributed by atoms with E-state index in [9.17, 15) is 4.79 Å². The molecule has 0 saturated heterocycles. The Morgan fingerprint density at radius 1 is 1.00 bits per heavy atom. The Kier molecular flexibility index (Phi) is 9.22. The van der Waals surface area contributed by atoms with E-state index in [1.807, 2.05) is 33.0 Å². The molecule has 6 nitrogen and oxygen atoms in total. The zero-order valence-corrected chi connectivity index (χ0v) is 16.9. The van der Waals surface area contributed by atoms with E-state index in [1.165, 1.54) is 0 Å². The predicted molar refractivity (Wildman–Crippen MR) is 105 cm³/mol. The maximum Gasteiger partial charge on any atom is 0.251 e. The van der Waals surface area contributed by atoms with Crippen molar-refractivity contribution in [1.29, 1.82) is 0 Å². The second-order valence-electron chi connectivity index (χ2n) is 7.66. The van der Waals surface area contributed by atoms with Gasteiger partial charge in [0, 0.05) is 29.8 Å². The first-order valence-corrected chi connectivity index (χ1v) is 9.18. The van der Waals surface area contributed by atoms with E-state index in [4.69, 9.17) is 15.2 Å². The van der Waals surface area contributed by atoms with E-state index in [-0.39, 0.29) is 11.4 Å². The standard InChI is InChI=1S/C20H35N3O3/c1-19(2,22-5)10-12-25-14-15-26-13-11-23-18(24)16-6-8-17(9-7-16)20(3,4)21/h6-9,22H,10-15,21H2,1-5H3,(H,23,24). The topological polar surface area (TPSA) is 85.6 Å². The Morgan fingerprint density at radius 2 is 1.58 bits per heavy atom. The first-order valence-electron chi connectivity index (χ1n) is 9.18. The van der Waals surface area contributed by atoms with Crippen molar-refractivity contribution in [1.82, 2.24) is 10.6 Å². The van der Waals surface area contributed by atoms with Crippen LogP contribution in [-0.4, -0.2) is 51.5 Å². The van der Waals surface area contributed by atoms with Gasteiger partial charge in [0.1, 0.15) is 0 Å². The first kappa shape index (κ1) is 22.6. The van der Waals surface area contributed by atoms with Gasteiger partial charge in [0.2, 0.25) is 0 Å². The molecule has 0 atom stereocenters. The highest BCUT2D eigenvalue weighted by Gasteiger charge is 2.15. The van der Waals surface area contributed by atoms with Crippen LogP contribution in [0.4, 0.5) is 0 Å². The number of ether oxygens (including phenoxy) is 2. The summed E-state index contributed by atoms with van der Waals surface area (Å²) in [4.78, 5) is 12.1. The summed E-state index contributed by atoms with van der Waals surface area (Å²) in [5.41, 5.74) is 7.33. The quantitative estimate of drug-likeness (QED) is 0.494. The van der Waals surface area contributed by atoms with E-state index < -0.39 is 5.54 Å². The van der Waals surface area contributed by atoms with Crippen molar-refractivity contribution in [2.75, 3.05) is 40.0 Å². The number of amides is 1. The Hall–Kier alpha value is -1.47. The minimum absolute atomic E-state index is 0.0866. The van der Waals surface area contributed by atoms with Gasteiger partial charge in [0.05, 0.1) is 19.8 Å². The molecule has 0 aliphatic carbocycles. The van der Waals surface area contributed by atoms with Gasteiger partial charge in [-0.2, -0.15) is 0 Å². The lowest BCUT2D eigenvalue weighted by molar-refractivity contribution is 0.0418. The molecule has 0 fully saturated rings. The number of nitrogens with two attached hydrogens (primary N) is 1. The molecule has 1 amide bonds. The molecular weight excluding hydrogens is 330 g/mol. The number of hydrogen-bond donors (Lipinski definition) is 3. The summed E-state index contributed by atoms with van der Waals surface area (Å²) in [6.45, 7) is 10.9. The average Bonchev–Trinajstić information content (AvgIpc) is 2.59. The molecule has 6 heteroatoms. The molecule has 26 heavy (non-hydrogen) atoms. The van der Waals surface area contributed by atoms with E-state index in [1.54, 1.807) is 12.1 Å². The number of nitrogens with one attached hydrogen (secondary N) is 2. The van der Waals surface area contributed by atoms with E-state index in [0.717, 1.165) is 12.0 Å². The van der Waals surface area contributed by atoms with Crippen molar-refractivity contribution in [3.05, 3.63) is 35.4 Å². The molecule has 0 spiro atoms. The lowest BCUT2D eigenvalue weighted by Crippen LogP contribution is -2.37. The Labute approximate surface area is 157 Å². The smallest absolute Gasteiger partial charge is 0.251 e. The van der Waals surface area contributed by atoms with Gasteiger partial charge in [0.15, 0.2) is 0 Å². The van der Waals surface area contributed by atoms with Gasteiger partial charge in [0.25, 0.3) is 5.91 Å². The monoisotopic (exact) mass is 365 g/mol. The first-order chi connectivity index (χ1) is 12.2. The van der Waals surface area contributed by atoms with E-state index in [2.05, 4.69) is 24.5 Å². The van der Waals surface area contributed by atoms with Crippen molar-refractivity contribution in [3.8, 4) is 0 Å². The van der Waals surface area contributed by atoms with Gasteiger partial charge >= 0.3 is 0 Å². The van der Waals surface area contributed by atoms with Crippen LogP contribution >= 0.6 is 0 Å². The number of rotatable bonds is 12. The van der Waals surface area contributed by atoms with Gasteiger partial charge in [-0.1, -0.05) is 12.1 Å². The number of carbonyl (C=O) groups is 1. The van der Waals surface area contributed by atoms with Crippen LogP contribution < -0.4 is 16.4 Å². The van der Waals surface area contributed by atoms with Gasteiger partial charge in [-0.15, -0.1) is 0 Å². The summed E-state index contributed by atoms with van der Waals surface area (Å²) in [5, 5.41) is 6.08. The van der Waals surface area contributed by atoms with Crippen LogP contribution in [0.2, 0.25) is 0 Å². The molecule has 0 unspecified atom stereocenters. The molecule has 0 aromatic heterocycles. The number of hydrogen-bond acceptors (Lipinski definition) is 5. The third-order valence-corrected chi connectivity index (χ3v) is 4.34. The second-order valence-corrected chi connectivity index (χ2v) is 7.66. The maximum atomic E-state index is 12.1. The van der Waals surface area contributed by atoms with E-state index in [0.29, 0.717) is 38.5 Å². The lowest BCUT2D eigenvalue weighted by atomic mass is 9.95. The number of carbonyl (C=O) groups excluding carboxylic acids is 1. The summed E-state index contributed by atoms with van der Waals surface area (Å²) in [5.74, 6) is -0.111. The second kappa shape index (κ2) is 10.6. The summed E-state index contributed by atoms with van der Waals surface area (Å²) < 4.78 is 11.0. The van der Waals surface area contributed by atoms with Gasteiger partial charge < -0.3 is 25.8 Å². The summed E-state index contributed by atoms with van der Waals surface area (Å²) in [7, 11) is 1.95. The molecule has 0 saturated carbocycles. The molecule has 4 N–H and O–H groups in total. The van der Waals surface area contributed by atoms with Crippen LogP contribution in [0.15, 0.2) is 24.3 Å². The third kappa shape index (κ3) is 8.76. The SMILES string of the molecule is CNC(C)(C)CCOCCOCCNC(=O)c1ccc(C(C)(C)N)cc1. The number of benzene rings is 1. The molecule has 1 aromatic carbocycles. The molecular formula is C20H35N3O3. The van der Waals surface area contributed by atoms with Gasteiger partial charge in [-0.25, -0.2) is 0 Å². The summed E-state index contributed by atoms with van der Waals surface area (Å²) in [6, 6.07) is 7.36. The minimum atomic E-state index is -0.409. The molecule has 0 aliphatic rings. The zero-order chi connectivity index (χ0) is 19.6. The average molecular weight is 366 g/mol. The van der Waals surface area contributed by atoms with Crippen molar-refractivity contribution in [2.24, 2.45) is 5.73 Å². The van der Waals surface area contributed by atoms with E-state index >= 15 is 0 Å². The molecule has 0 aliphatic heterocycles. The predicted octanol–water partition coefficient (Wildman–Crippen LogP) is 2.03. The molecule has 0 radical (unpaired) electrons. The fourth-order valence-electron chi connectivity index (χ4n) is 2.16. The fraction of sp³-hybridized carbons (Fsp3) is 0.650. The molecule has 0 heterocycles. The van der Waals surface area contributed by atoms with Gasteiger partial charge in [-0.3, -0.25) is 4.79 Å². The van der Waals surface area contributed by atoms with Crippen LogP contribution in [0.5, 0.6) is 0 Å². The lowest BCUT2D eigenvalue weighted by Gasteiger charge is -2.23. The maximum absolute atomic E-state index is 12.1. The molecule has 148 valence electrons. The minimum Gasteiger partial charge on any atom is -0.379 e. The largest absolute Gasteiger partial charge is 0.379 e. The molecule has 1 rings (SSSR count). The highest BCUT2D eigenvalue weighted by atomic mass is 16.5. The van der Waals surface area contributed by atoms with Crippen molar-refractivity contribution < 1.29 is 14.3 Å². The highest BCUT2D eigenvalue weighted by Crippen LogP contribution is 2.17. The third-order valence-electron chi connectivity index (χ3n) is 4.34. The highest BCUT2D eigenvalue weighted by molar-refractivity contribution is 5.94. The normalized spacial score (nSPS) is 12.2. The van der Waals surface area contributed by atoms with Crippen LogP contribution in [0.25, 0.3) is 0 Å². The van der Waals surface area contributed by atoms with Crippen molar-refractivity contribution in [2.45, 2.75) is 45.2 Å². The van der Waals surface area contributed by atoms with Crippen LogP contribution in [-0.2, 0) is 15.0 Å². The van der Waals surface area contributed by atoms with Crippen molar-refractivity contribution in [3.63, 3.8) is 0 Å². The van der Waals surface area contributed by atoms with Gasteiger partial charge in [-0.05, 0) is 58.9 Å². The Morgan fingerprint density at radius 3 is 2.12 bits per heavy atom. The Balaban J connectivity index is 2.12. The fourth-order valence-corrected chi connectivity index (χ4v) is 2.16. The molecule has 1 aromatic rings. The van der Waals surface area contributed by atoms with Crippen LogP contribution in [0, 0.1) is 0 Å². The Bertz CT molecular complexity index is 536. The van der Waals surface area contributed by atoms with Crippen LogP contribution in [0.3, 0.4) is 0 Å². The zero-order valence-electron chi connectivity index (χ0n) is 16.9. The summed E-state index contributed by atoms with van der Waals surface area (Å²) >= 11 is 0. The molecule has 0 bridgehead atoms.